The molecule has 1 aliphatic rings. The van der Waals surface area contributed by atoms with Crippen LogP contribution in [0.25, 0.3) is 0 Å². The number of hydrogen-bond donors (Lipinski definition) is 1. The van der Waals surface area contributed by atoms with Crippen LogP contribution in [0.2, 0.25) is 0 Å². The molecule has 1 aliphatic heterocycles. The Morgan fingerprint density at radius 2 is 2.00 bits per heavy atom. The fraction of sp³-hybridized carbons (Fsp3) is 0.400. The van der Waals surface area contributed by atoms with Crippen LogP contribution in [-0.4, -0.2) is 52.8 Å². The highest BCUT2D eigenvalue weighted by molar-refractivity contribution is 5.90. The van der Waals surface area contributed by atoms with E-state index in [1.807, 2.05) is 30.3 Å². The molecule has 0 aliphatic carbocycles. The number of carboxylic acid groups (broad SMARTS) is 1. The highest BCUT2D eigenvalue weighted by Crippen LogP contribution is 2.19. The maximum atomic E-state index is 12.5. The SMILES string of the molecule is CN1CC(C(=O)N(CC(=O)O)Cc2ccccc2)CC1=O. The molecule has 2 rings (SSSR count). The molecule has 112 valence electrons. The average molecular weight is 290 g/mol. The first-order valence-corrected chi connectivity index (χ1v) is 6.76. The minimum absolute atomic E-state index is 0.0802. The van der Waals surface area contributed by atoms with Gasteiger partial charge in [0.15, 0.2) is 0 Å². The van der Waals surface area contributed by atoms with Crippen LogP contribution >= 0.6 is 0 Å². The van der Waals surface area contributed by atoms with Crippen molar-refractivity contribution in [3.8, 4) is 0 Å². The van der Waals surface area contributed by atoms with Gasteiger partial charge in [0, 0.05) is 26.6 Å². The zero-order valence-corrected chi connectivity index (χ0v) is 11.9. The number of benzene rings is 1. The molecule has 0 aromatic heterocycles. The van der Waals surface area contributed by atoms with Gasteiger partial charge in [0.2, 0.25) is 11.8 Å². The fourth-order valence-corrected chi connectivity index (χ4v) is 2.47. The highest BCUT2D eigenvalue weighted by Gasteiger charge is 2.35. The first-order chi connectivity index (χ1) is 9.97. The van der Waals surface area contributed by atoms with Crippen molar-refractivity contribution >= 4 is 17.8 Å². The summed E-state index contributed by atoms with van der Waals surface area (Å²) in [7, 11) is 1.65. The van der Waals surface area contributed by atoms with E-state index in [2.05, 4.69) is 0 Å². The smallest absolute Gasteiger partial charge is 0.323 e. The minimum atomic E-state index is -1.06. The Labute approximate surface area is 123 Å². The van der Waals surface area contributed by atoms with Gasteiger partial charge >= 0.3 is 5.97 Å². The molecule has 6 nitrogen and oxygen atoms in total. The Morgan fingerprint density at radius 1 is 1.33 bits per heavy atom. The van der Waals surface area contributed by atoms with E-state index in [0.717, 1.165) is 5.56 Å². The zero-order valence-electron chi connectivity index (χ0n) is 11.9. The number of amides is 2. The van der Waals surface area contributed by atoms with Gasteiger partial charge in [0.1, 0.15) is 6.54 Å². The Hall–Kier alpha value is -2.37. The van der Waals surface area contributed by atoms with Crippen LogP contribution < -0.4 is 0 Å². The first kappa shape index (κ1) is 15.0. The summed E-state index contributed by atoms with van der Waals surface area (Å²) in [6, 6.07) is 9.22. The average Bonchev–Trinajstić information content (AvgIpc) is 2.78. The molecule has 1 heterocycles. The van der Waals surface area contributed by atoms with Gasteiger partial charge in [-0.2, -0.15) is 0 Å². The Morgan fingerprint density at radius 3 is 2.52 bits per heavy atom. The molecule has 1 saturated heterocycles. The second kappa shape index (κ2) is 6.39. The number of aliphatic carboxylic acids is 1. The van der Waals surface area contributed by atoms with E-state index in [-0.39, 0.29) is 31.3 Å². The predicted octanol–water partition coefficient (Wildman–Crippen LogP) is 0.578. The Bertz CT molecular complexity index is 544. The molecular formula is C15H18N2O4. The Balaban J connectivity index is 2.10. The second-order valence-corrected chi connectivity index (χ2v) is 5.25. The molecule has 1 N–H and O–H groups in total. The van der Waals surface area contributed by atoms with Crippen molar-refractivity contribution in [3.63, 3.8) is 0 Å². The van der Waals surface area contributed by atoms with E-state index in [0.29, 0.717) is 6.54 Å². The molecule has 1 atom stereocenters. The van der Waals surface area contributed by atoms with E-state index in [4.69, 9.17) is 5.11 Å². The third-order valence-electron chi connectivity index (χ3n) is 3.54. The quantitative estimate of drug-likeness (QED) is 0.860. The summed E-state index contributed by atoms with van der Waals surface area (Å²) in [5, 5.41) is 8.99. The van der Waals surface area contributed by atoms with Crippen molar-refractivity contribution in [1.82, 2.24) is 9.80 Å². The van der Waals surface area contributed by atoms with E-state index >= 15 is 0 Å². The van der Waals surface area contributed by atoms with Crippen molar-refractivity contribution in [2.45, 2.75) is 13.0 Å². The fourth-order valence-electron chi connectivity index (χ4n) is 2.47. The first-order valence-electron chi connectivity index (χ1n) is 6.76. The lowest BCUT2D eigenvalue weighted by atomic mass is 10.1. The van der Waals surface area contributed by atoms with Crippen molar-refractivity contribution in [1.29, 1.82) is 0 Å². The number of nitrogens with zero attached hydrogens (tertiary/aromatic N) is 2. The molecule has 0 saturated carbocycles. The summed E-state index contributed by atoms with van der Waals surface area (Å²) in [4.78, 5) is 37.8. The van der Waals surface area contributed by atoms with Gasteiger partial charge in [-0.25, -0.2) is 0 Å². The van der Waals surface area contributed by atoms with E-state index < -0.39 is 11.9 Å². The van der Waals surface area contributed by atoms with Crippen LogP contribution in [0, 0.1) is 5.92 Å². The second-order valence-electron chi connectivity index (χ2n) is 5.25. The van der Waals surface area contributed by atoms with Gasteiger partial charge in [0.05, 0.1) is 5.92 Å². The van der Waals surface area contributed by atoms with Crippen LogP contribution in [0.3, 0.4) is 0 Å². The molecule has 6 heteroatoms. The van der Waals surface area contributed by atoms with E-state index in [9.17, 15) is 14.4 Å². The number of carbonyl (C=O) groups is 3. The standard InChI is InChI=1S/C15H18N2O4/c1-16-9-12(7-13(16)18)15(21)17(10-14(19)20)8-11-5-3-2-4-6-11/h2-6,12H,7-10H2,1H3,(H,19,20). The van der Waals surface area contributed by atoms with Crippen LogP contribution in [0.1, 0.15) is 12.0 Å². The maximum absolute atomic E-state index is 12.5. The predicted molar refractivity (Wildman–Crippen MR) is 75.2 cm³/mol. The monoisotopic (exact) mass is 290 g/mol. The molecule has 1 aromatic rings. The highest BCUT2D eigenvalue weighted by atomic mass is 16.4. The third-order valence-corrected chi connectivity index (χ3v) is 3.54. The molecule has 21 heavy (non-hydrogen) atoms. The lowest BCUT2D eigenvalue weighted by molar-refractivity contribution is -0.146. The Kier molecular flexibility index (Phi) is 4.57. The van der Waals surface area contributed by atoms with Gasteiger partial charge in [-0.1, -0.05) is 30.3 Å². The lowest BCUT2D eigenvalue weighted by Gasteiger charge is -2.23. The summed E-state index contributed by atoms with van der Waals surface area (Å²) >= 11 is 0. The zero-order chi connectivity index (χ0) is 15.4. The molecule has 2 amide bonds. The van der Waals surface area contributed by atoms with Gasteiger partial charge in [-0.05, 0) is 5.56 Å². The normalized spacial score (nSPS) is 17.9. The van der Waals surface area contributed by atoms with E-state index in [1.54, 1.807) is 7.05 Å². The summed E-state index contributed by atoms with van der Waals surface area (Å²) in [6.45, 7) is 0.227. The molecule has 1 fully saturated rings. The molecule has 1 unspecified atom stereocenters. The number of hydrogen-bond acceptors (Lipinski definition) is 3. The summed E-state index contributed by atoms with van der Waals surface area (Å²) in [6.07, 6.45) is 0.153. The number of rotatable bonds is 5. The summed E-state index contributed by atoms with van der Waals surface area (Å²) < 4.78 is 0. The number of carboxylic acids is 1. The summed E-state index contributed by atoms with van der Waals surface area (Å²) in [5.74, 6) is -1.87. The van der Waals surface area contributed by atoms with Crippen LogP contribution in [0.15, 0.2) is 30.3 Å². The van der Waals surface area contributed by atoms with Gasteiger partial charge in [-0.3, -0.25) is 14.4 Å². The third kappa shape index (κ3) is 3.81. The topological polar surface area (TPSA) is 77.9 Å². The lowest BCUT2D eigenvalue weighted by Crippen LogP contribution is -2.40. The van der Waals surface area contributed by atoms with Crippen LogP contribution in [-0.2, 0) is 20.9 Å². The van der Waals surface area contributed by atoms with Gasteiger partial charge in [-0.15, -0.1) is 0 Å². The van der Waals surface area contributed by atoms with Crippen LogP contribution in [0.5, 0.6) is 0 Å². The molecule has 0 radical (unpaired) electrons. The number of carbonyl (C=O) groups excluding carboxylic acids is 2. The van der Waals surface area contributed by atoms with Gasteiger partial charge < -0.3 is 14.9 Å². The molecule has 1 aromatic carbocycles. The number of likely N-dealkylation sites (tertiary alicyclic amines) is 1. The minimum Gasteiger partial charge on any atom is -0.480 e. The van der Waals surface area contributed by atoms with Crippen molar-refractivity contribution in [2.75, 3.05) is 20.1 Å². The molecule has 0 spiro atoms. The molecule has 0 bridgehead atoms. The van der Waals surface area contributed by atoms with Crippen molar-refractivity contribution in [3.05, 3.63) is 35.9 Å². The summed E-state index contributed by atoms with van der Waals surface area (Å²) in [5.41, 5.74) is 0.866. The van der Waals surface area contributed by atoms with Crippen molar-refractivity contribution < 1.29 is 19.5 Å². The molecular weight excluding hydrogens is 272 g/mol. The van der Waals surface area contributed by atoms with Gasteiger partial charge in [0.25, 0.3) is 0 Å². The van der Waals surface area contributed by atoms with E-state index in [1.165, 1.54) is 9.80 Å². The van der Waals surface area contributed by atoms with Crippen LogP contribution in [0.4, 0.5) is 0 Å². The largest absolute Gasteiger partial charge is 0.480 e. The maximum Gasteiger partial charge on any atom is 0.323 e. The van der Waals surface area contributed by atoms with Crippen molar-refractivity contribution in [2.24, 2.45) is 5.92 Å².